The fourth-order valence-electron chi connectivity index (χ4n) is 3.67. The normalized spacial score (nSPS) is 16.8. The number of anilines is 2. The van der Waals surface area contributed by atoms with Gasteiger partial charge < -0.3 is 20.1 Å². The zero-order valence-corrected chi connectivity index (χ0v) is 20.2. The standard InChI is InChI=1S/C22H26N2O7S2/c1-4-31-22(27)18-13(2)19(20(26)23-15-7-5-6-8-16(15)30-3)32-21(18)24-17(25)11-14-9-10-33(28,29)12-14/h5-8,14H,4,9-12H2,1-3H3,(H,23,26)(H,24,25)/t14-/m1/s1. The second-order valence-corrected chi connectivity index (χ2v) is 10.9. The molecule has 1 saturated heterocycles. The molecule has 2 N–H and O–H groups in total. The molecule has 1 aliphatic rings. The van der Waals surface area contributed by atoms with Crippen LogP contribution in [0.25, 0.3) is 0 Å². The Morgan fingerprint density at radius 1 is 1.18 bits per heavy atom. The molecule has 3 rings (SSSR count). The predicted octanol–water partition coefficient (Wildman–Crippen LogP) is 3.26. The number of methoxy groups -OCH3 is 1. The van der Waals surface area contributed by atoms with E-state index in [1.807, 2.05) is 0 Å². The minimum Gasteiger partial charge on any atom is -0.495 e. The van der Waals surface area contributed by atoms with Crippen LogP contribution >= 0.6 is 11.3 Å². The van der Waals surface area contributed by atoms with Gasteiger partial charge in [0.15, 0.2) is 9.84 Å². The molecule has 1 aromatic heterocycles. The van der Waals surface area contributed by atoms with E-state index in [0.29, 0.717) is 23.4 Å². The van der Waals surface area contributed by atoms with Gasteiger partial charge in [0.05, 0.1) is 41.4 Å². The lowest BCUT2D eigenvalue weighted by atomic mass is 10.0. The number of esters is 1. The molecule has 33 heavy (non-hydrogen) atoms. The van der Waals surface area contributed by atoms with Crippen LogP contribution < -0.4 is 15.4 Å². The van der Waals surface area contributed by atoms with Crippen molar-refractivity contribution in [2.24, 2.45) is 5.92 Å². The van der Waals surface area contributed by atoms with E-state index in [4.69, 9.17) is 9.47 Å². The SMILES string of the molecule is CCOC(=O)c1c(NC(=O)C[C@H]2CCS(=O)(=O)C2)sc(C(=O)Nc2ccccc2OC)c1C. The van der Waals surface area contributed by atoms with Gasteiger partial charge in [-0.2, -0.15) is 0 Å². The largest absolute Gasteiger partial charge is 0.495 e. The van der Waals surface area contributed by atoms with E-state index in [0.717, 1.165) is 11.3 Å². The molecule has 2 heterocycles. The van der Waals surface area contributed by atoms with Gasteiger partial charge in [-0.1, -0.05) is 12.1 Å². The van der Waals surface area contributed by atoms with E-state index >= 15 is 0 Å². The van der Waals surface area contributed by atoms with Crippen molar-refractivity contribution in [3.63, 3.8) is 0 Å². The highest BCUT2D eigenvalue weighted by Gasteiger charge is 2.31. The van der Waals surface area contributed by atoms with Gasteiger partial charge in [0.1, 0.15) is 10.8 Å². The van der Waals surface area contributed by atoms with Crippen molar-refractivity contribution in [3.8, 4) is 5.75 Å². The van der Waals surface area contributed by atoms with Gasteiger partial charge >= 0.3 is 5.97 Å². The minimum atomic E-state index is -3.11. The number of hydrogen-bond donors (Lipinski definition) is 2. The summed E-state index contributed by atoms with van der Waals surface area (Å²) in [5.74, 6) is -1.27. The molecule has 0 radical (unpaired) electrons. The Morgan fingerprint density at radius 2 is 1.91 bits per heavy atom. The third kappa shape index (κ3) is 5.91. The molecule has 1 aromatic carbocycles. The monoisotopic (exact) mass is 494 g/mol. The van der Waals surface area contributed by atoms with Gasteiger partial charge in [0.2, 0.25) is 5.91 Å². The van der Waals surface area contributed by atoms with E-state index in [1.54, 1.807) is 38.1 Å². The zero-order valence-electron chi connectivity index (χ0n) is 18.6. The lowest BCUT2D eigenvalue weighted by Gasteiger charge is -2.09. The topological polar surface area (TPSA) is 128 Å². The summed E-state index contributed by atoms with van der Waals surface area (Å²) in [6, 6.07) is 6.91. The predicted molar refractivity (Wildman–Crippen MR) is 126 cm³/mol. The highest BCUT2D eigenvalue weighted by atomic mass is 32.2. The Balaban J connectivity index is 1.85. The third-order valence-corrected chi connectivity index (χ3v) is 8.28. The number of carbonyl (C=O) groups is 3. The number of ether oxygens (including phenoxy) is 2. The van der Waals surface area contributed by atoms with Gasteiger partial charge in [-0.15, -0.1) is 11.3 Å². The number of hydrogen-bond acceptors (Lipinski definition) is 8. The molecule has 178 valence electrons. The summed E-state index contributed by atoms with van der Waals surface area (Å²) in [6.45, 7) is 3.40. The van der Waals surface area contributed by atoms with Crippen LogP contribution in [-0.2, 0) is 19.4 Å². The fourth-order valence-corrected chi connectivity index (χ4v) is 6.64. The van der Waals surface area contributed by atoms with Crippen molar-refractivity contribution >= 4 is 49.6 Å². The molecule has 2 amide bonds. The molecule has 0 spiro atoms. The quantitative estimate of drug-likeness (QED) is 0.539. The van der Waals surface area contributed by atoms with Crippen molar-refractivity contribution in [2.45, 2.75) is 26.7 Å². The van der Waals surface area contributed by atoms with Crippen LogP contribution in [0.2, 0.25) is 0 Å². The maximum atomic E-state index is 13.0. The second kappa shape index (κ2) is 10.3. The summed E-state index contributed by atoms with van der Waals surface area (Å²) in [4.78, 5) is 38.4. The Morgan fingerprint density at radius 3 is 2.55 bits per heavy atom. The van der Waals surface area contributed by atoms with Gasteiger partial charge in [-0.3, -0.25) is 9.59 Å². The molecular weight excluding hydrogens is 468 g/mol. The van der Waals surface area contributed by atoms with Crippen LogP contribution in [0.1, 0.15) is 45.4 Å². The first-order valence-electron chi connectivity index (χ1n) is 10.4. The average molecular weight is 495 g/mol. The number of thiophene rings is 1. The van der Waals surface area contributed by atoms with Crippen LogP contribution in [-0.4, -0.2) is 51.4 Å². The van der Waals surface area contributed by atoms with E-state index < -0.39 is 27.6 Å². The van der Waals surface area contributed by atoms with Crippen LogP contribution in [0.4, 0.5) is 10.7 Å². The molecule has 1 aliphatic heterocycles. The lowest BCUT2D eigenvalue weighted by molar-refractivity contribution is -0.116. The summed E-state index contributed by atoms with van der Waals surface area (Å²) in [5, 5.41) is 5.65. The highest BCUT2D eigenvalue weighted by Crippen LogP contribution is 2.35. The minimum absolute atomic E-state index is 0.0151. The molecule has 9 nitrogen and oxygen atoms in total. The number of benzene rings is 1. The molecule has 0 unspecified atom stereocenters. The summed E-state index contributed by atoms with van der Waals surface area (Å²) in [7, 11) is -1.62. The Hall–Kier alpha value is -2.92. The molecule has 0 aliphatic carbocycles. The Kier molecular flexibility index (Phi) is 7.75. The fraction of sp³-hybridized carbons (Fsp3) is 0.409. The summed E-state index contributed by atoms with van der Waals surface area (Å²) in [5.41, 5.74) is 0.951. The van der Waals surface area contributed by atoms with Crippen molar-refractivity contribution in [1.82, 2.24) is 0 Å². The lowest BCUT2D eigenvalue weighted by Crippen LogP contribution is -2.18. The molecule has 1 fully saturated rings. The number of amides is 2. The molecule has 11 heteroatoms. The first-order valence-corrected chi connectivity index (χ1v) is 13.0. The number of para-hydroxylation sites is 2. The average Bonchev–Trinajstić information content (AvgIpc) is 3.26. The first-order chi connectivity index (χ1) is 15.6. The van der Waals surface area contributed by atoms with Gasteiger partial charge in [-0.25, -0.2) is 13.2 Å². The van der Waals surface area contributed by atoms with Crippen molar-refractivity contribution in [2.75, 3.05) is 35.9 Å². The van der Waals surface area contributed by atoms with Gasteiger partial charge in [0.25, 0.3) is 5.91 Å². The highest BCUT2D eigenvalue weighted by molar-refractivity contribution is 7.91. The smallest absolute Gasteiger partial charge is 0.341 e. The van der Waals surface area contributed by atoms with Crippen molar-refractivity contribution in [3.05, 3.63) is 40.3 Å². The van der Waals surface area contributed by atoms with Crippen molar-refractivity contribution in [1.29, 1.82) is 0 Å². The maximum absolute atomic E-state index is 13.0. The van der Waals surface area contributed by atoms with E-state index in [1.165, 1.54) is 7.11 Å². The third-order valence-electron chi connectivity index (χ3n) is 5.24. The van der Waals surface area contributed by atoms with E-state index in [-0.39, 0.29) is 45.9 Å². The van der Waals surface area contributed by atoms with Crippen LogP contribution in [0, 0.1) is 12.8 Å². The number of rotatable bonds is 8. The Labute approximate surface area is 196 Å². The molecule has 0 saturated carbocycles. The number of nitrogens with one attached hydrogen (secondary N) is 2. The van der Waals surface area contributed by atoms with Gasteiger partial charge in [0, 0.05) is 6.42 Å². The summed E-state index contributed by atoms with van der Waals surface area (Å²) >= 11 is 0.963. The van der Waals surface area contributed by atoms with E-state index in [2.05, 4.69) is 10.6 Å². The van der Waals surface area contributed by atoms with Gasteiger partial charge in [-0.05, 0) is 43.9 Å². The molecule has 1 atom stereocenters. The first kappa shape index (κ1) is 24.7. The number of carbonyl (C=O) groups excluding carboxylic acids is 3. The van der Waals surface area contributed by atoms with Crippen LogP contribution in [0.3, 0.4) is 0 Å². The van der Waals surface area contributed by atoms with Crippen LogP contribution in [0.5, 0.6) is 5.75 Å². The molecule has 2 aromatic rings. The second-order valence-electron chi connectivity index (χ2n) is 7.66. The molecule has 0 bridgehead atoms. The Bertz CT molecular complexity index is 1170. The maximum Gasteiger partial charge on any atom is 0.341 e. The summed E-state index contributed by atoms with van der Waals surface area (Å²) in [6.07, 6.45) is 0.442. The molecular formula is C22H26N2O7S2. The van der Waals surface area contributed by atoms with E-state index in [9.17, 15) is 22.8 Å². The zero-order chi connectivity index (χ0) is 24.2. The number of sulfone groups is 1. The van der Waals surface area contributed by atoms with Crippen molar-refractivity contribution < 1.29 is 32.3 Å². The summed E-state index contributed by atoms with van der Waals surface area (Å²) < 4.78 is 33.7. The van der Waals surface area contributed by atoms with Crippen LogP contribution in [0.15, 0.2) is 24.3 Å².